The lowest BCUT2D eigenvalue weighted by molar-refractivity contribution is -0.00701. The van der Waals surface area contributed by atoms with Gasteiger partial charge in [0.1, 0.15) is 0 Å². The summed E-state index contributed by atoms with van der Waals surface area (Å²) in [5.74, 6) is -0.107. The van der Waals surface area contributed by atoms with Crippen molar-refractivity contribution in [3.8, 4) is 0 Å². The van der Waals surface area contributed by atoms with Gasteiger partial charge in [-0.25, -0.2) is 0 Å². The minimum absolute atomic E-state index is 0.0691. The van der Waals surface area contributed by atoms with Crippen LogP contribution >= 0.6 is 11.6 Å². The number of aromatic amines is 2. The van der Waals surface area contributed by atoms with E-state index in [4.69, 9.17) is 16.3 Å². The van der Waals surface area contributed by atoms with Crippen molar-refractivity contribution < 1.29 is 9.53 Å². The maximum absolute atomic E-state index is 12.7. The van der Waals surface area contributed by atoms with Gasteiger partial charge in [0.2, 0.25) is 0 Å². The molecular formula is C15H19ClN4O2. The molecule has 0 radical (unpaired) electrons. The van der Waals surface area contributed by atoms with E-state index in [1.165, 1.54) is 0 Å². The lowest BCUT2D eigenvalue weighted by Crippen LogP contribution is -2.29. The van der Waals surface area contributed by atoms with E-state index in [2.05, 4.69) is 15.2 Å². The first-order valence-electron chi connectivity index (χ1n) is 7.26. The van der Waals surface area contributed by atoms with Crippen molar-refractivity contribution in [2.75, 3.05) is 7.05 Å². The van der Waals surface area contributed by atoms with Gasteiger partial charge in [0.15, 0.2) is 5.69 Å². The van der Waals surface area contributed by atoms with Gasteiger partial charge < -0.3 is 14.6 Å². The number of rotatable bonds is 3. The summed E-state index contributed by atoms with van der Waals surface area (Å²) in [6.45, 7) is 4.42. The van der Waals surface area contributed by atoms with Crippen LogP contribution in [0, 0.1) is 0 Å². The Morgan fingerprint density at radius 3 is 3.00 bits per heavy atom. The Morgan fingerprint density at radius 1 is 1.55 bits per heavy atom. The van der Waals surface area contributed by atoms with Crippen molar-refractivity contribution in [1.82, 2.24) is 20.1 Å². The fraction of sp³-hybridized carbons (Fsp3) is 0.467. The molecule has 2 aromatic heterocycles. The molecule has 2 N–H and O–H groups in total. The van der Waals surface area contributed by atoms with Crippen LogP contribution in [0.1, 0.15) is 47.4 Å². The van der Waals surface area contributed by atoms with E-state index in [1.807, 2.05) is 19.9 Å². The number of carbonyl (C=O) groups excluding carboxylic acids is 1. The summed E-state index contributed by atoms with van der Waals surface area (Å²) < 4.78 is 5.75. The van der Waals surface area contributed by atoms with E-state index >= 15 is 0 Å². The van der Waals surface area contributed by atoms with Gasteiger partial charge in [0.25, 0.3) is 5.91 Å². The number of amides is 1. The molecule has 1 aliphatic heterocycles. The Balaban J connectivity index is 1.80. The maximum atomic E-state index is 12.7. The van der Waals surface area contributed by atoms with Gasteiger partial charge in [-0.05, 0) is 19.9 Å². The molecule has 0 aromatic carbocycles. The van der Waals surface area contributed by atoms with Crippen LogP contribution in [0.15, 0.2) is 12.3 Å². The highest BCUT2D eigenvalue weighted by atomic mass is 35.5. The van der Waals surface area contributed by atoms with Crippen LogP contribution in [0.5, 0.6) is 0 Å². The van der Waals surface area contributed by atoms with Crippen LogP contribution in [0.2, 0.25) is 5.02 Å². The second-order valence-electron chi connectivity index (χ2n) is 5.76. The van der Waals surface area contributed by atoms with Crippen LogP contribution in [0.3, 0.4) is 0 Å². The van der Waals surface area contributed by atoms with E-state index in [9.17, 15) is 4.79 Å². The first-order valence-corrected chi connectivity index (χ1v) is 7.64. The molecule has 6 nitrogen and oxygen atoms in total. The maximum Gasteiger partial charge on any atom is 0.274 e. The SMILES string of the molecule is C[C@@H]1Cc2c(C(=O)N(C)Cc3cc(Cl)c[nH]3)n[nH]c2[C@H](C)O1. The summed E-state index contributed by atoms with van der Waals surface area (Å²) in [5, 5.41) is 7.80. The molecule has 0 bridgehead atoms. The first kappa shape index (κ1) is 15.1. The van der Waals surface area contributed by atoms with Crippen LogP contribution in [-0.2, 0) is 17.7 Å². The van der Waals surface area contributed by atoms with E-state index < -0.39 is 0 Å². The van der Waals surface area contributed by atoms with Gasteiger partial charge in [-0.15, -0.1) is 0 Å². The zero-order valence-electron chi connectivity index (χ0n) is 12.8. The van der Waals surface area contributed by atoms with Crippen LogP contribution in [0.4, 0.5) is 0 Å². The Morgan fingerprint density at radius 2 is 2.32 bits per heavy atom. The Kier molecular flexibility index (Phi) is 3.97. The number of ether oxygens (including phenoxy) is 1. The summed E-state index contributed by atoms with van der Waals surface area (Å²) in [5.41, 5.74) is 3.23. The summed E-state index contributed by atoms with van der Waals surface area (Å²) in [6, 6.07) is 1.81. The third-order valence-corrected chi connectivity index (χ3v) is 4.12. The molecule has 1 aliphatic rings. The Hall–Kier alpha value is -1.79. The van der Waals surface area contributed by atoms with Gasteiger partial charge in [-0.1, -0.05) is 11.6 Å². The molecule has 0 aliphatic carbocycles. The van der Waals surface area contributed by atoms with Crippen molar-refractivity contribution in [3.05, 3.63) is 39.9 Å². The average Bonchev–Trinajstić information content (AvgIpc) is 3.04. The second-order valence-corrected chi connectivity index (χ2v) is 6.20. The number of aromatic nitrogens is 3. The molecule has 118 valence electrons. The molecule has 22 heavy (non-hydrogen) atoms. The van der Waals surface area contributed by atoms with Gasteiger partial charge in [0.05, 0.1) is 29.5 Å². The summed E-state index contributed by atoms with van der Waals surface area (Å²) >= 11 is 5.88. The fourth-order valence-corrected chi connectivity index (χ4v) is 3.05. The smallest absolute Gasteiger partial charge is 0.274 e. The number of H-pyrrole nitrogens is 2. The normalized spacial score (nSPS) is 20.7. The minimum atomic E-state index is -0.107. The van der Waals surface area contributed by atoms with Crippen molar-refractivity contribution in [2.45, 2.75) is 39.0 Å². The number of nitrogens with one attached hydrogen (secondary N) is 2. The lowest BCUT2D eigenvalue weighted by Gasteiger charge is -2.25. The van der Waals surface area contributed by atoms with Gasteiger partial charge >= 0.3 is 0 Å². The molecule has 0 saturated carbocycles. The lowest BCUT2D eigenvalue weighted by atomic mass is 9.99. The third-order valence-electron chi connectivity index (χ3n) is 3.90. The predicted octanol–water partition coefficient (Wildman–Crippen LogP) is 2.69. The Bertz CT molecular complexity index is 694. The van der Waals surface area contributed by atoms with Crippen molar-refractivity contribution >= 4 is 17.5 Å². The van der Waals surface area contributed by atoms with E-state index in [0.717, 1.165) is 17.0 Å². The highest BCUT2D eigenvalue weighted by Crippen LogP contribution is 2.30. The van der Waals surface area contributed by atoms with Gasteiger partial charge in [-0.2, -0.15) is 5.10 Å². The van der Waals surface area contributed by atoms with Crippen molar-refractivity contribution in [3.63, 3.8) is 0 Å². The molecule has 3 rings (SSSR count). The zero-order valence-corrected chi connectivity index (χ0v) is 13.6. The van der Waals surface area contributed by atoms with Crippen LogP contribution < -0.4 is 0 Å². The second kappa shape index (κ2) is 5.78. The summed E-state index contributed by atoms with van der Waals surface area (Å²) in [7, 11) is 1.75. The number of fused-ring (bicyclic) bond motifs is 1. The highest BCUT2D eigenvalue weighted by molar-refractivity contribution is 6.30. The molecule has 2 aromatic rings. The standard InChI is InChI=1S/C15H19ClN4O2/c1-8-4-12-13(9(2)22-8)18-19-14(12)15(21)20(3)7-11-5-10(16)6-17-11/h5-6,8-9,17H,4,7H2,1-3H3,(H,18,19)/t8-,9+/m1/s1. The molecule has 1 amide bonds. The monoisotopic (exact) mass is 322 g/mol. The van der Waals surface area contributed by atoms with E-state index in [0.29, 0.717) is 23.7 Å². The Labute approximate surface area is 133 Å². The molecular weight excluding hydrogens is 304 g/mol. The van der Waals surface area contributed by atoms with Crippen molar-refractivity contribution in [2.24, 2.45) is 0 Å². The van der Waals surface area contributed by atoms with Crippen molar-refractivity contribution in [1.29, 1.82) is 0 Å². The topological polar surface area (TPSA) is 74.0 Å². The quantitative estimate of drug-likeness (QED) is 0.912. The number of nitrogens with zero attached hydrogens (tertiary/aromatic N) is 2. The molecule has 0 fully saturated rings. The minimum Gasteiger partial charge on any atom is -0.369 e. The highest BCUT2D eigenvalue weighted by Gasteiger charge is 2.30. The van der Waals surface area contributed by atoms with Crippen LogP contribution in [-0.4, -0.2) is 39.1 Å². The zero-order chi connectivity index (χ0) is 15.9. The first-order chi connectivity index (χ1) is 10.5. The summed E-state index contributed by atoms with van der Waals surface area (Å²) in [4.78, 5) is 17.3. The van der Waals surface area contributed by atoms with Crippen LogP contribution in [0.25, 0.3) is 0 Å². The molecule has 0 spiro atoms. The number of carbonyl (C=O) groups is 1. The largest absolute Gasteiger partial charge is 0.369 e. The number of halogens is 1. The molecule has 7 heteroatoms. The predicted molar refractivity (Wildman–Crippen MR) is 82.9 cm³/mol. The van der Waals surface area contributed by atoms with E-state index in [-0.39, 0.29) is 18.1 Å². The molecule has 3 heterocycles. The average molecular weight is 323 g/mol. The number of hydrogen-bond donors (Lipinski definition) is 2. The number of hydrogen-bond acceptors (Lipinski definition) is 3. The van der Waals surface area contributed by atoms with E-state index in [1.54, 1.807) is 18.1 Å². The molecule has 0 unspecified atom stereocenters. The third kappa shape index (κ3) is 2.76. The summed E-state index contributed by atoms with van der Waals surface area (Å²) in [6.07, 6.45) is 2.41. The fourth-order valence-electron chi connectivity index (χ4n) is 2.86. The van der Waals surface area contributed by atoms with Gasteiger partial charge in [-0.3, -0.25) is 9.89 Å². The van der Waals surface area contributed by atoms with Gasteiger partial charge in [0, 0.05) is 30.9 Å². The molecule has 0 saturated heterocycles. The molecule has 2 atom stereocenters.